The number of benzene rings is 1. The molecule has 4 heteroatoms. The van der Waals surface area contributed by atoms with Crippen molar-refractivity contribution in [2.45, 2.75) is 46.5 Å². The van der Waals surface area contributed by atoms with Gasteiger partial charge in [0, 0.05) is 25.0 Å². The van der Waals surface area contributed by atoms with E-state index >= 15 is 0 Å². The lowest BCUT2D eigenvalue weighted by Gasteiger charge is -2.32. The maximum absolute atomic E-state index is 12.9. The van der Waals surface area contributed by atoms with Crippen LogP contribution in [0.1, 0.15) is 55.1 Å². The topological polar surface area (TPSA) is 45.2 Å². The van der Waals surface area contributed by atoms with Crippen molar-refractivity contribution in [3.63, 3.8) is 0 Å². The first-order valence-corrected chi connectivity index (χ1v) is 9.74. The van der Waals surface area contributed by atoms with Gasteiger partial charge in [0.05, 0.1) is 17.4 Å². The van der Waals surface area contributed by atoms with Gasteiger partial charge in [0.2, 0.25) is 0 Å². The molecule has 0 spiro atoms. The number of piperidine rings is 1. The molecule has 1 amide bonds. The number of carbonyl (C=O) groups excluding carboxylic acids is 1. The number of hydrogen-bond donors (Lipinski definition) is 1. The van der Waals surface area contributed by atoms with Gasteiger partial charge in [-0.25, -0.2) is 0 Å². The van der Waals surface area contributed by atoms with E-state index in [1.807, 2.05) is 12.3 Å². The zero-order chi connectivity index (χ0) is 18.5. The van der Waals surface area contributed by atoms with Crippen molar-refractivity contribution >= 4 is 17.3 Å². The maximum atomic E-state index is 12.9. The number of pyridine rings is 1. The van der Waals surface area contributed by atoms with Crippen molar-refractivity contribution in [2.75, 3.05) is 23.3 Å². The van der Waals surface area contributed by atoms with E-state index in [2.05, 4.69) is 54.2 Å². The van der Waals surface area contributed by atoms with E-state index in [4.69, 9.17) is 0 Å². The Balaban J connectivity index is 1.80. The molecule has 3 rings (SSSR count). The van der Waals surface area contributed by atoms with Crippen LogP contribution >= 0.6 is 0 Å². The summed E-state index contributed by atoms with van der Waals surface area (Å²) in [4.78, 5) is 19.5. The molecule has 0 unspecified atom stereocenters. The van der Waals surface area contributed by atoms with Crippen LogP contribution in [0, 0.1) is 5.92 Å². The molecule has 138 valence electrons. The van der Waals surface area contributed by atoms with E-state index in [-0.39, 0.29) is 5.91 Å². The Labute approximate surface area is 156 Å². The van der Waals surface area contributed by atoms with Gasteiger partial charge >= 0.3 is 0 Å². The zero-order valence-corrected chi connectivity index (χ0v) is 16.1. The van der Waals surface area contributed by atoms with Gasteiger partial charge in [-0.3, -0.25) is 9.78 Å². The molecule has 0 radical (unpaired) electrons. The van der Waals surface area contributed by atoms with Gasteiger partial charge in [-0.05, 0) is 48.8 Å². The Kier molecular flexibility index (Phi) is 5.92. The Morgan fingerprint density at radius 3 is 2.42 bits per heavy atom. The molecule has 0 saturated carbocycles. The monoisotopic (exact) mass is 351 g/mol. The van der Waals surface area contributed by atoms with Crippen LogP contribution < -0.4 is 10.2 Å². The van der Waals surface area contributed by atoms with Gasteiger partial charge in [0.25, 0.3) is 5.91 Å². The first-order valence-electron chi connectivity index (χ1n) is 9.74. The molecule has 1 aromatic carbocycles. The number of nitrogens with one attached hydrogen (secondary N) is 1. The molecule has 0 bridgehead atoms. The molecule has 1 aliphatic rings. The van der Waals surface area contributed by atoms with Crippen LogP contribution in [0.2, 0.25) is 0 Å². The van der Waals surface area contributed by atoms with Crippen molar-refractivity contribution in [2.24, 2.45) is 5.92 Å². The third-order valence-electron chi connectivity index (χ3n) is 5.37. The number of anilines is 2. The van der Waals surface area contributed by atoms with E-state index in [1.54, 1.807) is 6.20 Å². The van der Waals surface area contributed by atoms with Crippen molar-refractivity contribution in [3.8, 4) is 0 Å². The number of para-hydroxylation sites is 1. The van der Waals surface area contributed by atoms with Crippen molar-refractivity contribution in [3.05, 3.63) is 53.3 Å². The van der Waals surface area contributed by atoms with Crippen LogP contribution in [0.25, 0.3) is 0 Å². The molecule has 1 aliphatic heterocycles. The SMILES string of the molecule is CCc1cccc(CC)c1NC(=O)c1cncc(N2CCC(C)CC2)c1. The van der Waals surface area contributed by atoms with Crippen molar-refractivity contribution < 1.29 is 4.79 Å². The fourth-order valence-electron chi connectivity index (χ4n) is 3.58. The third kappa shape index (κ3) is 4.06. The minimum absolute atomic E-state index is 0.0830. The van der Waals surface area contributed by atoms with Crippen LogP contribution in [0.3, 0.4) is 0 Å². The Morgan fingerprint density at radius 2 is 1.81 bits per heavy atom. The van der Waals surface area contributed by atoms with Crippen LogP contribution in [0.15, 0.2) is 36.7 Å². The van der Waals surface area contributed by atoms with E-state index in [1.165, 1.54) is 24.0 Å². The zero-order valence-electron chi connectivity index (χ0n) is 16.1. The molecular formula is C22H29N3O. The van der Waals surface area contributed by atoms with Gasteiger partial charge in [0.15, 0.2) is 0 Å². The number of rotatable bonds is 5. The van der Waals surface area contributed by atoms with E-state index in [0.717, 1.165) is 43.2 Å². The summed E-state index contributed by atoms with van der Waals surface area (Å²) in [5.41, 5.74) is 4.97. The molecular weight excluding hydrogens is 322 g/mol. The van der Waals surface area contributed by atoms with Crippen molar-refractivity contribution in [1.82, 2.24) is 4.98 Å². The molecule has 1 aromatic heterocycles. The van der Waals surface area contributed by atoms with E-state index in [0.29, 0.717) is 5.56 Å². The van der Waals surface area contributed by atoms with Crippen LogP contribution in [0.5, 0.6) is 0 Å². The summed E-state index contributed by atoms with van der Waals surface area (Å²) < 4.78 is 0. The lowest BCUT2D eigenvalue weighted by molar-refractivity contribution is 0.102. The molecule has 1 saturated heterocycles. The minimum atomic E-state index is -0.0830. The Bertz CT molecular complexity index is 741. The normalized spacial score (nSPS) is 15.1. The minimum Gasteiger partial charge on any atom is -0.370 e. The first kappa shape index (κ1) is 18.4. The average Bonchev–Trinajstić information content (AvgIpc) is 2.68. The molecule has 1 fully saturated rings. The molecule has 26 heavy (non-hydrogen) atoms. The van der Waals surface area contributed by atoms with Crippen LogP contribution in [-0.4, -0.2) is 24.0 Å². The number of nitrogens with zero attached hydrogens (tertiary/aromatic N) is 2. The van der Waals surface area contributed by atoms with E-state index in [9.17, 15) is 4.79 Å². The number of amides is 1. The first-order chi connectivity index (χ1) is 12.6. The predicted octanol–water partition coefficient (Wildman–Crippen LogP) is 4.70. The van der Waals surface area contributed by atoms with Gasteiger partial charge < -0.3 is 10.2 Å². The predicted molar refractivity (Wildman–Crippen MR) is 108 cm³/mol. The summed E-state index contributed by atoms with van der Waals surface area (Å²) in [6.45, 7) is 8.60. The van der Waals surface area contributed by atoms with Gasteiger partial charge in [0.1, 0.15) is 0 Å². The standard InChI is InChI=1S/C22H29N3O/c1-4-17-7-6-8-18(5-2)21(17)24-22(26)19-13-20(15-23-14-19)25-11-9-16(3)10-12-25/h6-8,13-16H,4-5,9-12H2,1-3H3,(H,24,26). The second kappa shape index (κ2) is 8.35. The van der Waals surface area contributed by atoms with Crippen LogP contribution in [0.4, 0.5) is 11.4 Å². The fourth-order valence-corrected chi connectivity index (χ4v) is 3.58. The highest BCUT2D eigenvalue weighted by molar-refractivity contribution is 6.05. The van der Waals surface area contributed by atoms with Crippen LogP contribution in [-0.2, 0) is 12.8 Å². The smallest absolute Gasteiger partial charge is 0.257 e. The summed E-state index contributed by atoms with van der Waals surface area (Å²) in [7, 11) is 0. The lowest BCUT2D eigenvalue weighted by Crippen LogP contribution is -2.33. The lowest BCUT2D eigenvalue weighted by atomic mass is 9.99. The second-order valence-corrected chi connectivity index (χ2v) is 7.21. The number of hydrogen-bond acceptors (Lipinski definition) is 3. The summed E-state index contributed by atoms with van der Waals surface area (Å²) in [6.07, 6.45) is 7.71. The third-order valence-corrected chi connectivity index (χ3v) is 5.37. The summed E-state index contributed by atoms with van der Waals surface area (Å²) in [6, 6.07) is 8.20. The highest BCUT2D eigenvalue weighted by Gasteiger charge is 2.18. The molecule has 0 aliphatic carbocycles. The highest BCUT2D eigenvalue weighted by Crippen LogP contribution is 2.25. The number of carbonyl (C=O) groups is 1. The maximum Gasteiger partial charge on any atom is 0.257 e. The molecule has 0 atom stereocenters. The summed E-state index contributed by atoms with van der Waals surface area (Å²) in [5, 5.41) is 3.14. The molecule has 2 heterocycles. The number of aryl methyl sites for hydroxylation is 2. The van der Waals surface area contributed by atoms with Gasteiger partial charge in [-0.15, -0.1) is 0 Å². The average molecular weight is 351 g/mol. The Hall–Kier alpha value is -2.36. The second-order valence-electron chi connectivity index (χ2n) is 7.21. The largest absolute Gasteiger partial charge is 0.370 e. The summed E-state index contributed by atoms with van der Waals surface area (Å²) in [5.74, 6) is 0.698. The van der Waals surface area contributed by atoms with E-state index < -0.39 is 0 Å². The quantitative estimate of drug-likeness (QED) is 0.849. The summed E-state index contributed by atoms with van der Waals surface area (Å²) >= 11 is 0. The number of aromatic nitrogens is 1. The fraction of sp³-hybridized carbons (Fsp3) is 0.455. The molecule has 4 nitrogen and oxygen atoms in total. The van der Waals surface area contributed by atoms with Gasteiger partial charge in [-0.2, -0.15) is 0 Å². The Morgan fingerprint density at radius 1 is 1.15 bits per heavy atom. The van der Waals surface area contributed by atoms with Crippen molar-refractivity contribution in [1.29, 1.82) is 0 Å². The van der Waals surface area contributed by atoms with Gasteiger partial charge in [-0.1, -0.05) is 39.0 Å². The molecule has 2 aromatic rings. The highest BCUT2D eigenvalue weighted by atomic mass is 16.1. The molecule has 1 N–H and O–H groups in total.